The topological polar surface area (TPSA) is 162 Å². The Hall–Kier alpha value is -3.87. The zero-order valence-corrected chi connectivity index (χ0v) is 19.3. The number of carbonyl (C=O) groups is 1. The van der Waals surface area contributed by atoms with Gasteiger partial charge in [-0.15, -0.1) is 0 Å². The lowest BCUT2D eigenvalue weighted by Crippen LogP contribution is -2.27. The third-order valence-corrected chi connectivity index (χ3v) is 6.07. The highest BCUT2D eigenvalue weighted by Gasteiger charge is 2.27. The van der Waals surface area contributed by atoms with Gasteiger partial charge in [-0.3, -0.25) is 4.79 Å². The van der Waals surface area contributed by atoms with Crippen LogP contribution in [-0.2, 0) is 14.8 Å². The van der Waals surface area contributed by atoms with Gasteiger partial charge in [-0.2, -0.15) is 4.68 Å². The number of sulfonamides is 1. The van der Waals surface area contributed by atoms with Gasteiger partial charge in [0, 0.05) is 17.1 Å². The molecule has 1 aromatic carbocycles. The molecule has 174 valence electrons. The average molecular weight is 474 g/mol. The van der Waals surface area contributed by atoms with Crippen LogP contribution < -0.4 is 10.0 Å². The highest BCUT2D eigenvalue weighted by molar-refractivity contribution is 7.92. The summed E-state index contributed by atoms with van der Waals surface area (Å²) < 4.78 is 28.9. The van der Waals surface area contributed by atoms with Crippen molar-refractivity contribution in [1.29, 1.82) is 0 Å². The molecule has 2 aromatic heterocycles. The first kappa shape index (κ1) is 23.8. The summed E-state index contributed by atoms with van der Waals surface area (Å²) in [5.41, 5.74) is 2.09. The van der Waals surface area contributed by atoms with Gasteiger partial charge in [0.25, 0.3) is 15.9 Å². The van der Waals surface area contributed by atoms with Crippen LogP contribution in [0.25, 0.3) is 0 Å². The van der Waals surface area contributed by atoms with E-state index in [-0.39, 0.29) is 16.7 Å². The van der Waals surface area contributed by atoms with Crippen molar-refractivity contribution in [2.75, 3.05) is 10.0 Å². The standard InChI is InChI=1S/C20H23N7O5S/c1-5-17(26-14(4)11-18(24-26)27(29)30)19(28)23-15-6-8-16(9-7-15)33(31,32)25-20-21-12(2)10-13(3)22-20/h6-11,17H,5H2,1-4H3,(H,23,28)(H,21,22,25). The van der Waals surface area contributed by atoms with Crippen molar-refractivity contribution in [3.63, 3.8) is 0 Å². The lowest BCUT2D eigenvalue weighted by Gasteiger charge is -2.14. The van der Waals surface area contributed by atoms with Gasteiger partial charge in [0.05, 0.1) is 21.8 Å². The zero-order chi connectivity index (χ0) is 24.3. The van der Waals surface area contributed by atoms with Crippen molar-refractivity contribution >= 4 is 33.4 Å². The minimum atomic E-state index is -3.93. The second-order valence-electron chi connectivity index (χ2n) is 7.36. The lowest BCUT2D eigenvalue weighted by atomic mass is 10.2. The number of nitro groups is 1. The van der Waals surface area contributed by atoms with Crippen LogP contribution in [0.2, 0.25) is 0 Å². The van der Waals surface area contributed by atoms with E-state index in [1.165, 1.54) is 35.0 Å². The number of benzene rings is 1. The molecule has 13 heteroatoms. The summed E-state index contributed by atoms with van der Waals surface area (Å²) >= 11 is 0. The van der Waals surface area contributed by atoms with Crippen LogP contribution in [0.3, 0.4) is 0 Å². The third kappa shape index (κ3) is 5.49. The Morgan fingerprint density at radius 2 is 1.73 bits per heavy atom. The van der Waals surface area contributed by atoms with Crippen LogP contribution in [0.15, 0.2) is 41.3 Å². The normalized spacial score (nSPS) is 12.2. The van der Waals surface area contributed by atoms with Crippen molar-refractivity contribution in [1.82, 2.24) is 19.7 Å². The lowest BCUT2D eigenvalue weighted by molar-refractivity contribution is -0.389. The molecule has 0 saturated carbocycles. The molecule has 0 aliphatic carbocycles. The first-order valence-electron chi connectivity index (χ1n) is 9.96. The molecule has 3 rings (SSSR count). The van der Waals surface area contributed by atoms with Crippen LogP contribution in [0.4, 0.5) is 17.5 Å². The van der Waals surface area contributed by atoms with Crippen LogP contribution in [0.1, 0.15) is 36.5 Å². The fraction of sp³-hybridized carbons (Fsp3) is 0.300. The highest BCUT2D eigenvalue weighted by atomic mass is 32.2. The molecule has 0 aliphatic heterocycles. The quantitative estimate of drug-likeness (QED) is 0.373. The van der Waals surface area contributed by atoms with Crippen LogP contribution in [0.5, 0.6) is 0 Å². The number of amides is 1. The molecular weight excluding hydrogens is 450 g/mol. The molecule has 0 radical (unpaired) electrons. The molecule has 0 fully saturated rings. The number of hydrogen-bond donors (Lipinski definition) is 2. The number of carbonyl (C=O) groups excluding carboxylic acids is 1. The first-order chi connectivity index (χ1) is 15.5. The Labute approximate surface area is 190 Å². The van der Waals surface area contributed by atoms with E-state index in [4.69, 9.17) is 0 Å². The Morgan fingerprint density at radius 3 is 2.24 bits per heavy atom. The molecular formula is C20H23N7O5S. The van der Waals surface area contributed by atoms with Crippen molar-refractivity contribution < 1.29 is 18.1 Å². The number of rotatable bonds is 8. The minimum Gasteiger partial charge on any atom is -0.358 e. The molecule has 2 N–H and O–H groups in total. The van der Waals surface area contributed by atoms with Crippen LogP contribution in [-0.4, -0.2) is 39.0 Å². The smallest absolute Gasteiger partial charge is 0.358 e. The molecule has 3 aromatic rings. The number of anilines is 2. The van der Waals surface area contributed by atoms with E-state index in [9.17, 15) is 23.3 Å². The highest BCUT2D eigenvalue weighted by Crippen LogP contribution is 2.22. The van der Waals surface area contributed by atoms with E-state index in [0.717, 1.165) is 0 Å². The summed E-state index contributed by atoms with van der Waals surface area (Å²) in [6, 6.07) is 7.81. The molecule has 12 nitrogen and oxygen atoms in total. The van der Waals surface area contributed by atoms with E-state index in [1.807, 2.05) is 0 Å². The van der Waals surface area contributed by atoms with Crippen LogP contribution in [0, 0.1) is 30.9 Å². The van der Waals surface area contributed by atoms with E-state index in [0.29, 0.717) is 29.2 Å². The minimum absolute atomic E-state index is 0.0284. The van der Waals surface area contributed by atoms with Gasteiger partial charge < -0.3 is 15.4 Å². The van der Waals surface area contributed by atoms with Crippen molar-refractivity contribution in [3.8, 4) is 0 Å². The molecule has 1 atom stereocenters. The molecule has 0 bridgehead atoms. The summed E-state index contributed by atoms with van der Waals surface area (Å²) in [6.45, 7) is 6.85. The fourth-order valence-electron chi connectivity index (χ4n) is 3.24. The number of aromatic nitrogens is 4. The predicted octanol–water partition coefficient (Wildman–Crippen LogP) is 2.90. The molecule has 0 spiro atoms. The van der Waals surface area contributed by atoms with E-state index < -0.39 is 26.9 Å². The van der Waals surface area contributed by atoms with Gasteiger partial charge in [0.15, 0.2) is 6.04 Å². The second kappa shape index (κ2) is 9.32. The number of nitrogens with one attached hydrogen (secondary N) is 2. The fourth-order valence-corrected chi connectivity index (χ4v) is 4.18. The Morgan fingerprint density at radius 1 is 1.12 bits per heavy atom. The van der Waals surface area contributed by atoms with Gasteiger partial charge in [-0.05, 0) is 62.4 Å². The van der Waals surface area contributed by atoms with Crippen molar-refractivity contribution in [3.05, 3.63) is 63.6 Å². The number of aryl methyl sites for hydroxylation is 3. The zero-order valence-electron chi connectivity index (χ0n) is 18.4. The summed E-state index contributed by atoms with van der Waals surface area (Å²) in [5.74, 6) is -0.802. The number of nitrogens with zero attached hydrogens (tertiary/aromatic N) is 5. The van der Waals surface area contributed by atoms with E-state index in [1.54, 1.807) is 33.8 Å². The SMILES string of the molecule is CCC(C(=O)Nc1ccc(S(=O)(=O)Nc2nc(C)cc(C)n2)cc1)n1nc([N+](=O)[O-])cc1C. The maximum atomic E-state index is 12.8. The third-order valence-electron chi connectivity index (χ3n) is 4.72. The molecule has 2 heterocycles. The number of hydrogen-bond acceptors (Lipinski definition) is 8. The van der Waals surface area contributed by atoms with Gasteiger partial charge in [0.2, 0.25) is 5.95 Å². The monoisotopic (exact) mass is 473 g/mol. The van der Waals surface area contributed by atoms with Gasteiger partial charge in [-0.1, -0.05) is 6.92 Å². The molecule has 0 saturated heterocycles. The molecule has 33 heavy (non-hydrogen) atoms. The summed E-state index contributed by atoms with van der Waals surface area (Å²) in [4.78, 5) is 31.2. The predicted molar refractivity (Wildman–Crippen MR) is 120 cm³/mol. The molecule has 1 unspecified atom stereocenters. The maximum Gasteiger partial charge on any atom is 0.390 e. The summed E-state index contributed by atoms with van der Waals surface area (Å²) in [7, 11) is -3.93. The first-order valence-corrected chi connectivity index (χ1v) is 11.4. The van der Waals surface area contributed by atoms with E-state index >= 15 is 0 Å². The Balaban J connectivity index is 1.75. The van der Waals surface area contributed by atoms with Crippen LogP contribution >= 0.6 is 0 Å². The van der Waals surface area contributed by atoms with Crippen molar-refractivity contribution in [2.45, 2.75) is 45.1 Å². The Kier molecular flexibility index (Phi) is 6.72. The molecule has 1 amide bonds. The average Bonchev–Trinajstić information content (AvgIpc) is 3.09. The van der Waals surface area contributed by atoms with Gasteiger partial charge >= 0.3 is 5.82 Å². The Bertz CT molecular complexity index is 1280. The summed E-state index contributed by atoms with van der Waals surface area (Å²) in [5, 5.41) is 17.6. The maximum absolute atomic E-state index is 12.8. The second-order valence-corrected chi connectivity index (χ2v) is 9.05. The molecule has 0 aliphatic rings. The van der Waals surface area contributed by atoms with Crippen molar-refractivity contribution in [2.24, 2.45) is 0 Å². The largest absolute Gasteiger partial charge is 0.390 e. The van der Waals surface area contributed by atoms with Gasteiger partial charge in [0.1, 0.15) is 0 Å². The van der Waals surface area contributed by atoms with E-state index in [2.05, 4.69) is 25.1 Å². The summed E-state index contributed by atoms with van der Waals surface area (Å²) in [6.07, 6.45) is 0.345. The van der Waals surface area contributed by atoms with Gasteiger partial charge in [-0.25, -0.2) is 23.1 Å².